The molecule has 0 saturated heterocycles. The summed E-state index contributed by atoms with van der Waals surface area (Å²) in [5, 5.41) is 12.3. The molecular formula is C54H33NOS. The van der Waals surface area contributed by atoms with Gasteiger partial charge in [0.1, 0.15) is 11.2 Å². The molecule has 12 rings (SSSR count). The van der Waals surface area contributed by atoms with Crippen LogP contribution in [0.15, 0.2) is 205 Å². The van der Waals surface area contributed by atoms with Gasteiger partial charge in [-0.2, -0.15) is 0 Å². The first-order chi connectivity index (χ1) is 28.2. The highest BCUT2D eigenvalue weighted by atomic mass is 32.1. The van der Waals surface area contributed by atoms with E-state index in [1.807, 2.05) is 23.5 Å². The number of furan rings is 1. The number of anilines is 3. The van der Waals surface area contributed by atoms with Gasteiger partial charge in [-0.25, -0.2) is 0 Å². The van der Waals surface area contributed by atoms with Gasteiger partial charge in [0.2, 0.25) is 0 Å². The van der Waals surface area contributed by atoms with E-state index in [-0.39, 0.29) is 0 Å². The van der Waals surface area contributed by atoms with E-state index in [4.69, 9.17) is 4.42 Å². The standard InChI is InChI=1S/C54H33NOS/c1-3-12-38-30-40(26-24-34(38)10-1)55(41-27-25-35-11-2-4-13-39(35)31-41)42-28-29-46-50-33-49(44-14-5-6-16-48(44)54(50)57-52(46)32-42)37-22-20-36(21-23-37)43-17-9-18-47-45-15-7-8-19-51(45)56-53(43)47/h1-33H. The molecule has 57 heavy (non-hydrogen) atoms. The number of fused-ring (bicyclic) bond motifs is 10. The van der Waals surface area contributed by atoms with E-state index < -0.39 is 0 Å². The topological polar surface area (TPSA) is 16.4 Å². The summed E-state index contributed by atoms with van der Waals surface area (Å²) >= 11 is 1.89. The van der Waals surface area contributed by atoms with E-state index in [1.54, 1.807) is 0 Å². The predicted molar refractivity (Wildman–Crippen MR) is 245 cm³/mol. The highest BCUT2D eigenvalue weighted by Gasteiger charge is 2.19. The smallest absolute Gasteiger partial charge is 0.143 e. The molecule has 2 nitrogen and oxygen atoms in total. The second-order valence-corrected chi connectivity index (χ2v) is 15.9. The van der Waals surface area contributed by atoms with Crippen molar-refractivity contribution in [1.29, 1.82) is 0 Å². The van der Waals surface area contributed by atoms with Gasteiger partial charge < -0.3 is 9.32 Å². The van der Waals surface area contributed by atoms with E-state index in [2.05, 4.69) is 193 Å². The van der Waals surface area contributed by atoms with Crippen molar-refractivity contribution in [2.45, 2.75) is 0 Å². The third-order valence-corrected chi connectivity index (χ3v) is 12.8. The zero-order valence-corrected chi connectivity index (χ0v) is 31.6. The first kappa shape index (κ1) is 32.1. The summed E-state index contributed by atoms with van der Waals surface area (Å²) in [6.07, 6.45) is 0. The zero-order chi connectivity index (χ0) is 37.5. The Morgan fingerprint density at radius 2 is 0.912 bits per heavy atom. The molecule has 0 aliphatic rings. The van der Waals surface area contributed by atoms with E-state index in [1.165, 1.54) is 63.6 Å². The first-order valence-electron chi connectivity index (χ1n) is 19.4. The van der Waals surface area contributed by atoms with Gasteiger partial charge in [0.05, 0.1) is 0 Å². The van der Waals surface area contributed by atoms with Crippen LogP contribution in [0.1, 0.15) is 0 Å². The number of benzene rings is 10. The van der Waals surface area contributed by atoms with Gasteiger partial charge in [0.15, 0.2) is 0 Å². The van der Waals surface area contributed by atoms with Gasteiger partial charge in [-0.1, -0.05) is 152 Å². The average molecular weight is 744 g/mol. The van der Waals surface area contributed by atoms with Crippen molar-refractivity contribution >= 4 is 103 Å². The van der Waals surface area contributed by atoms with Gasteiger partial charge in [-0.15, -0.1) is 11.3 Å². The zero-order valence-electron chi connectivity index (χ0n) is 30.8. The summed E-state index contributed by atoms with van der Waals surface area (Å²) in [5.74, 6) is 0. The van der Waals surface area contributed by atoms with E-state index in [0.29, 0.717) is 0 Å². The van der Waals surface area contributed by atoms with Crippen LogP contribution in [-0.4, -0.2) is 0 Å². The Labute approximate surface area is 333 Å². The highest BCUT2D eigenvalue weighted by Crippen LogP contribution is 2.46. The third kappa shape index (κ3) is 5.17. The molecule has 266 valence electrons. The monoisotopic (exact) mass is 743 g/mol. The van der Waals surface area contributed by atoms with Gasteiger partial charge in [-0.05, 0) is 92.2 Å². The number of nitrogens with zero attached hydrogens (tertiary/aromatic N) is 1. The van der Waals surface area contributed by atoms with Crippen molar-refractivity contribution in [1.82, 2.24) is 0 Å². The van der Waals surface area contributed by atoms with Crippen LogP contribution in [0.4, 0.5) is 17.1 Å². The maximum atomic E-state index is 6.40. The molecule has 0 bridgehead atoms. The average Bonchev–Trinajstić information content (AvgIpc) is 3.85. The molecule has 12 aromatic rings. The lowest BCUT2D eigenvalue weighted by molar-refractivity contribution is 0.670. The number of rotatable bonds is 5. The predicted octanol–water partition coefficient (Wildman–Crippen LogP) is 16.2. The molecule has 0 aliphatic carbocycles. The minimum Gasteiger partial charge on any atom is -0.455 e. The SMILES string of the molecule is c1ccc2cc(N(c3ccc4ccccc4c3)c3ccc4c(c3)sc3c5ccccc5c(-c5ccc(-c6cccc7c6oc6ccccc67)cc5)cc43)ccc2c1. The first-order valence-corrected chi connectivity index (χ1v) is 20.2. The van der Waals surface area contributed by atoms with E-state index in [9.17, 15) is 0 Å². The van der Waals surface area contributed by atoms with Gasteiger partial charge in [0.25, 0.3) is 0 Å². The fourth-order valence-electron chi connectivity index (χ4n) is 8.85. The second kappa shape index (κ2) is 12.7. The summed E-state index contributed by atoms with van der Waals surface area (Å²) in [6, 6.07) is 72.8. The second-order valence-electron chi connectivity index (χ2n) is 14.9. The van der Waals surface area contributed by atoms with Crippen LogP contribution in [0.2, 0.25) is 0 Å². The summed E-state index contributed by atoms with van der Waals surface area (Å²) in [4.78, 5) is 2.40. The molecule has 0 unspecified atom stereocenters. The number of thiophene rings is 1. The summed E-state index contributed by atoms with van der Waals surface area (Å²) in [7, 11) is 0. The molecular weight excluding hydrogens is 711 g/mol. The largest absolute Gasteiger partial charge is 0.455 e. The Hall–Kier alpha value is -7.20. The quantitative estimate of drug-likeness (QED) is 0.175. The fourth-order valence-corrected chi connectivity index (χ4v) is 10.1. The number of hydrogen-bond acceptors (Lipinski definition) is 3. The molecule has 2 aromatic heterocycles. The molecule has 0 radical (unpaired) electrons. The van der Waals surface area contributed by atoms with Crippen molar-refractivity contribution in [3.8, 4) is 22.3 Å². The Balaban J connectivity index is 0.997. The van der Waals surface area contributed by atoms with Crippen molar-refractivity contribution < 1.29 is 4.42 Å². The van der Waals surface area contributed by atoms with Crippen LogP contribution < -0.4 is 4.90 Å². The minimum atomic E-state index is 0.918. The molecule has 0 saturated carbocycles. The van der Waals surface area contributed by atoms with Gasteiger partial charge in [0, 0.05) is 59.0 Å². The summed E-state index contributed by atoms with van der Waals surface area (Å²) in [5.41, 5.74) is 9.95. The van der Waals surface area contributed by atoms with Gasteiger partial charge in [-0.3, -0.25) is 0 Å². The van der Waals surface area contributed by atoms with E-state index in [0.717, 1.165) is 50.1 Å². The van der Waals surface area contributed by atoms with Crippen molar-refractivity contribution in [2.24, 2.45) is 0 Å². The summed E-state index contributed by atoms with van der Waals surface area (Å²) < 4.78 is 8.98. The molecule has 0 spiro atoms. The van der Waals surface area contributed by atoms with Crippen LogP contribution >= 0.6 is 11.3 Å². The Morgan fingerprint density at radius 1 is 0.351 bits per heavy atom. The lowest BCUT2D eigenvalue weighted by atomic mass is 9.94. The lowest BCUT2D eigenvalue weighted by Crippen LogP contribution is -2.09. The van der Waals surface area contributed by atoms with Crippen LogP contribution in [0.5, 0.6) is 0 Å². The molecule has 0 atom stereocenters. The Bertz CT molecular complexity index is 3460. The molecule has 2 heterocycles. The maximum Gasteiger partial charge on any atom is 0.143 e. The Kier molecular flexibility index (Phi) is 7.13. The number of hydrogen-bond donors (Lipinski definition) is 0. The van der Waals surface area contributed by atoms with Gasteiger partial charge >= 0.3 is 0 Å². The third-order valence-electron chi connectivity index (χ3n) is 11.6. The Morgan fingerprint density at radius 3 is 1.63 bits per heavy atom. The van der Waals surface area contributed by atoms with E-state index >= 15 is 0 Å². The lowest BCUT2D eigenvalue weighted by Gasteiger charge is -2.26. The van der Waals surface area contributed by atoms with Crippen molar-refractivity contribution in [3.05, 3.63) is 200 Å². The molecule has 0 amide bonds. The highest BCUT2D eigenvalue weighted by molar-refractivity contribution is 7.26. The number of para-hydroxylation sites is 2. The molecule has 0 fully saturated rings. The maximum absolute atomic E-state index is 6.40. The molecule has 3 heteroatoms. The van der Waals surface area contributed by atoms with Crippen molar-refractivity contribution in [2.75, 3.05) is 4.90 Å². The molecule has 0 N–H and O–H groups in total. The normalized spacial score (nSPS) is 11.9. The fraction of sp³-hybridized carbons (Fsp3) is 0. The van der Waals surface area contributed by atoms with Crippen molar-refractivity contribution in [3.63, 3.8) is 0 Å². The van der Waals surface area contributed by atoms with Crippen LogP contribution in [0.3, 0.4) is 0 Å². The van der Waals surface area contributed by atoms with Crippen LogP contribution in [-0.2, 0) is 0 Å². The molecule has 0 aliphatic heterocycles. The van der Waals surface area contributed by atoms with Crippen LogP contribution in [0, 0.1) is 0 Å². The molecule has 10 aromatic carbocycles. The van der Waals surface area contributed by atoms with Crippen LogP contribution in [0.25, 0.3) is 96.7 Å². The summed E-state index contributed by atoms with van der Waals surface area (Å²) in [6.45, 7) is 0. The minimum absolute atomic E-state index is 0.918.